The van der Waals surface area contributed by atoms with Gasteiger partial charge in [-0.2, -0.15) is 10.1 Å². The van der Waals surface area contributed by atoms with E-state index in [0.717, 1.165) is 12.4 Å². The van der Waals surface area contributed by atoms with Crippen LogP contribution in [0.25, 0.3) is 11.4 Å². The van der Waals surface area contributed by atoms with Crippen LogP contribution in [0, 0.1) is 12.7 Å². The van der Waals surface area contributed by atoms with Gasteiger partial charge in [0, 0.05) is 24.3 Å². The minimum Gasteiger partial charge on any atom is -0.494 e. The molecule has 174 valence electrons. The van der Waals surface area contributed by atoms with E-state index in [1.165, 1.54) is 13.2 Å². The lowest BCUT2D eigenvalue weighted by atomic mass is 10.1. The molecule has 4 aromatic rings. The fourth-order valence-electron chi connectivity index (χ4n) is 3.11. The molecule has 0 unspecified atom stereocenters. The Morgan fingerprint density at radius 3 is 2.76 bits per heavy atom. The van der Waals surface area contributed by atoms with Gasteiger partial charge in [-0.05, 0) is 30.7 Å². The van der Waals surface area contributed by atoms with Gasteiger partial charge >= 0.3 is 0 Å². The average molecular weight is 466 g/mol. The van der Waals surface area contributed by atoms with Crippen molar-refractivity contribution in [2.75, 3.05) is 24.7 Å². The zero-order valence-electron chi connectivity index (χ0n) is 21.4. The summed E-state index contributed by atoms with van der Waals surface area (Å²) in [4.78, 5) is 29.4. The van der Waals surface area contributed by atoms with Crippen molar-refractivity contribution in [2.24, 2.45) is 7.05 Å². The highest BCUT2D eigenvalue weighted by molar-refractivity contribution is 5.99. The van der Waals surface area contributed by atoms with Crippen molar-refractivity contribution in [3.05, 3.63) is 59.9 Å². The lowest BCUT2D eigenvalue weighted by Crippen LogP contribution is -2.20. The van der Waals surface area contributed by atoms with Crippen LogP contribution in [0.4, 0.5) is 27.7 Å². The van der Waals surface area contributed by atoms with Crippen molar-refractivity contribution in [3.8, 4) is 17.1 Å². The fourth-order valence-corrected chi connectivity index (χ4v) is 3.11. The van der Waals surface area contributed by atoms with Gasteiger partial charge in [-0.1, -0.05) is 6.07 Å². The summed E-state index contributed by atoms with van der Waals surface area (Å²) >= 11 is 0. The maximum atomic E-state index is 13.6. The van der Waals surface area contributed by atoms with Gasteiger partial charge in [-0.25, -0.2) is 19.3 Å². The fraction of sp³-hybridized carbons (Fsp3) is 0.182. The van der Waals surface area contributed by atoms with Crippen LogP contribution in [0.2, 0.25) is 0 Å². The first-order valence-corrected chi connectivity index (χ1v) is 9.93. The number of ether oxygens (including phenoxy) is 1. The number of aromatic nitrogens is 6. The summed E-state index contributed by atoms with van der Waals surface area (Å²) in [5, 5.41) is 12.1. The normalized spacial score (nSPS) is 12.3. The minimum absolute atomic E-state index is 0.0213. The number of benzene rings is 1. The summed E-state index contributed by atoms with van der Waals surface area (Å²) in [5.41, 5.74) is 1.18. The van der Waals surface area contributed by atoms with E-state index in [2.05, 4.69) is 35.7 Å². The summed E-state index contributed by atoms with van der Waals surface area (Å²) in [6.45, 7) is -1.16. The number of halogens is 1. The van der Waals surface area contributed by atoms with Gasteiger partial charge in [-0.3, -0.25) is 9.48 Å². The average Bonchev–Trinajstić information content (AvgIpc) is 3.26. The number of rotatable bonds is 7. The van der Waals surface area contributed by atoms with Crippen LogP contribution < -0.4 is 20.7 Å². The van der Waals surface area contributed by atoms with Crippen LogP contribution in [0.5, 0.6) is 5.75 Å². The Balaban J connectivity index is 1.75. The Morgan fingerprint density at radius 1 is 1.21 bits per heavy atom. The number of aryl methyl sites for hydroxylation is 2. The highest BCUT2D eigenvalue weighted by Gasteiger charge is 2.19. The SMILES string of the molecule is [2H]C([2H])([2H])NC(=O)c1cnc(Nc2cc(C)c(F)cn2)nc1Nc1cccc(-c2ncn(C)n2)c1OC. The molecule has 3 aromatic heterocycles. The Morgan fingerprint density at radius 2 is 2.06 bits per heavy atom. The van der Waals surface area contributed by atoms with E-state index in [1.807, 2.05) is 5.32 Å². The van der Waals surface area contributed by atoms with E-state index in [1.54, 1.807) is 43.2 Å². The molecule has 0 spiro atoms. The number of nitrogens with one attached hydrogen (secondary N) is 3. The Labute approximate surface area is 198 Å². The second kappa shape index (κ2) is 9.48. The second-order valence-corrected chi connectivity index (χ2v) is 7.11. The van der Waals surface area contributed by atoms with Gasteiger partial charge < -0.3 is 20.7 Å². The Hall–Kier alpha value is -4.61. The molecule has 34 heavy (non-hydrogen) atoms. The Bertz CT molecular complexity index is 1460. The van der Waals surface area contributed by atoms with E-state index in [9.17, 15) is 9.18 Å². The Kier molecular flexibility index (Phi) is 5.28. The molecule has 1 aromatic carbocycles. The molecule has 0 saturated carbocycles. The number of methoxy groups -OCH3 is 1. The third-order valence-electron chi connectivity index (χ3n) is 4.75. The number of carbonyl (C=O) groups is 1. The third kappa shape index (κ3) is 4.60. The number of amides is 1. The molecule has 0 aliphatic rings. The van der Waals surface area contributed by atoms with Crippen LogP contribution in [0.1, 0.15) is 20.0 Å². The monoisotopic (exact) mass is 466 g/mol. The molecule has 1 amide bonds. The zero-order valence-corrected chi connectivity index (χ0v) is 18.4. The lowest BCUT2D eigenvalue weighted by Gasteiger charge is -2.16. The van der Waals surface area contributed by atoms with Gasteiger partial charge in [0.15, 0.2) is 11.6 Å². The molecular weight excluding hydrogens is 441 g/mol. The predicted molar refractivity (Wildman–Crippen MR) is 124 cm³/mol. The molecule has 0 atom stereocenters. The molecule has 0 fully saturated rings. The zero-order chi connectivity index (χ0) is 26.7. The molecule has 0 saturated heterocycles. The van der Waals surface area contributed by atoms with Gasteiger partial charge in [0.1, 0.15) is 29.3 Å². The summed E-state index contributed by atoms with van der Waals surface area (Å²) in [7, 11) is 3.19. The molecule has 0 aliphatic carbocycles. The number of hydrogen-bond acceptors (Lipinski definition) is 9. The standard InChI is InChI=1S/C22H22FN9O2/c1-12-8-17(25-10-15(12)23)29-22-26-9-14(21(33)24-2)20(30-22)28-16-7-5-6-13(18(16)34-4)19-27-11-32(3)31-19/h5-11H,1-4H3,(H,24,33)(H2,25,26,28,29,30)/i2D3. The summed E-state index contributed by atoms with van der Waals surface area (Å²) in [5.74, 6) is -0.363. The summed E-state index contributed by atoms with van der Waals surface area (Å²) < 4.78 is 42.9. The molecule has 4 rings (SSSR count). The smallest absolute Gasteiger partial charge is 0.256 e. The van der Waals surface area contributed by atoms with Crippen molar-refractivity contribution in [1.82, 2.24) is 35.0 Å². The van der Waals surface area contributed by atoms with Crippen LogP contribution in [-0.2, 0) is 7.05 Å². The topological polar surface area (TPSA) is 132 Å². The molecule has 11 nitrogen and oxygen atoms in total. The minimum atomic E-state index is -2.73. The third-order valence-corrected chi connectivity index (χ3v) is 4.75. The molecule has 3 N–H and O–H groups in total. The maximum absolute atomic E-state index is 13.6. The van der Waals surface area contributed by atoms with Gasteiger partial charge in [0.05, 0.1) is 24.6 Å². The first-order valence-electron chi connectivity index (χ1n) is 11.4. The van der Waals surface area contributed by atoms with E-state index >= 15 is 0 Å². The van der Waals surface area contributed by atoms with Gasteiger partial charge in [0.2, 0.25) is 5.95 Å². The molecule has 3 heterocycles. The van der Waals surface area contributed by atoms with E-state index in [-0.39, 0.29) is 23.1 Å². The highest BCUT2D eigenvalue weighted by Crippen LogP contribution is 2.36. The van der Waals surface area contributed by atoms with Crippen LogP contribution in [-0.4, -0.2) is 49.7 Å². The van der Waals surface area contributed by atoms with Crippen molar-refractivity contribution in [3.63, 3.8) is 0 Å². The number of nitrogens with zero attached hydrogens (tertiary/aromatic N) is 6. The number of hydrogen-bond donors (Lipinski definition) is 3. The van der Waals surface area contributed by atoms with E-state index in [4.69, 9.17) is 8.85 Å². The molecular formula is C22H22FN9O2. The predicted octanol–water partition coefficient (Wildman–Crippen LogP) is 2.97. The van der Waals surface area contributed by atoms with Crippen molar-refractivity contribution in [1.29, 1.82) is 0 Å². The largest absolute Gasteiger partial charge is 0.494 e. The highest BCUT2D eigenvalue weighted by atomic mass is 19.1. The van der Waals surface area contributed by atoms with Crippen LogP contribution in [0.15, 0.2) is 43.0 Å². The molecule has 0 radical (unpaired) electrons. The van der Waals surface area contributed by atoms with Crippen LogP contribution >= 0.6 is 0 Å². The number of para-hydroxylation sites is 1. The first kappa shape index (κ1) is 18.9. The van der Waals surface area contributed by atoms with Gasteiger partial charge in [-0.15, -0.1) is 0 Å². The van der Waals surface area contributed by atoms with Crippen LogP contribution in [0.3, 0.4) is 0 Å². The number of anilines is 4. The first-order chi connectivity index (χ1) is 17.5. The molecule has 12 heteroatoms. The summed E-state index contributed by atoms with van der Waals surface area (Å²) in [6, 6.07) is 6.63. The maximum Gasteiger partial charge on any atom is 0.256 e. The lowest BCUT2D eigenvalue weighted by molar-refractivity contribution is 0.0963. The number of pyridine rings is 1. The quantitative estimate of drug-likeness (QED) is 0.376. The second-order valence-electron chi connectivity index (χ2n) is 7.11. The molecule has 0 aliphatic heterocycles. The van der Waals surface area contributed by atoms with Gasteiger partial charge in [0.25, 0.3) is 5.91 Å². The van der Waals surface area contributed by atoms with Crippen molar-refractivity contribution < 1.29 is 18.0 Å². The number of carbonyl (C=O) groups excluding carboxylic acids is 1. The van der Waals surface area contributed by atoms with E-state index < -0.39 is 18.7 Å². The van der Waals surface area contributed by atoms with E-state index in [0.29, 0.717) is 28.4 Å². The molecule has 0 bridgehead atoms. The van der Waals surface area contributed by atoms with Crippen molar-refractivity contribution in [2.45, 2.75) is 6.92 Å². The summed E-state index contributed by atoms with van der Waals surface area (Å²) in [6.07, 6.45) is 3.75. The van der Waals surface area contributed by atoms with Crippen molar-refractivity contribution >= 4 is 29.2 Å².